The number of quaternary nitrogens is 1. The highest BCUT2D eigenvalue weighted by atomic mass is 19.1. The van der Waals surface area contributed by atoms with Crippen molar-refractivity contribution in [3.63, 3.8) is 0 Å². The van der Waals surface area contributed by atoms with Crippen molar-refractivity contribution in [3.8, 4) is 5.75 Å². The topological polar surface area (TPSA) is 55.5 Å². The summed E-state index contributed by atoms with van der Waals surface area (Å²) < 4.78 is 27.3. The molecule has 1 saturated carbocycles. The molecular formula is C30H36FN2O3+. The largest absolute Gasteiger partial charge is 0.484 e. The van der Waals surface area contributed by atoms with E-state index in [2.05, 4.69) is 4.98 Å². The Morgan fingerprint density at radius 1 is 1.00 bits per heavy atom. The predicted molar refractivity (Wildman–Crippen MR) is 135 cm³/mol. The van der Waals surface area contributed by atoms with Crippen molar-refractivity contribution in [2.45, 2.75) is 63.2 Å². The zero-order valence-corrected chi connectivity index (χ0v) is 20.8. The van der Waals surface area contributed by atoms with Crippen LogP contribution in [0.1, 0.15) is 62.2 Å². The van der Waals surface area contributed by atoms with Gasteiger partial charge in [-0.2, -0.15) is 0 Å². The van der Waals surface area contributed by atoms with Crippen molar-refractivity contribution >= 4 is 0 Å². The van der Waals surface area contributed by atoms with Crippen LogP contribution in [-0.2, 0) is 12.1 Å². The van der Waals surface area contributed by atoms with Crippen LogP contribution in [0.25, 0.3) is 0 Å². The molecule has 190 valence electrons. The quantitative estimate of drug-likeness (QED) is 0.423. The van der Waals surface area contributed by atoms with Crippen LogP contribution in [0.2, 0.25) is 0 Å². The first-order chi connectivity index (χ1) is 17.5. The van der Waals surface area contributed by atoms with E-state index >= 15 is 0 Å². The summed E-state index contributed by atoms with van der Waals surface area (Å²) in [5, 5.41) is 12.1. The van der Waals surface area contributed by atoms with Crippen molar-refractivity contribution in [1.82, 2.24) is 4.98 Å². The fourth-order valence-corrected chi connectivity index (χ4v) is 6.93. The number of hydrogen-bond acceptors (Lipinski definition) is 4. The normalized spacial score (nSPS) is 28.1. The molecule has 7 rings (SSSR count). The number of aliphatic hydroxyl groups is 1. The van der Waals surface area contributed by atoms with Gasteiger partial charge < -0.3 is 18.7 Å². The maximum Gasteiger partial charge on any atom is 0.231 e. The number of hydrogen-bond donors (Lipinski definition) is 1. The average Bonchev–Trinajstić information content (AvgIpc) is 3.38. The van der Waals surface area contributed by atoms with Crippen LogP contribution in [0.15, 0.2) is 65.2 Å². The third-order valence-corrected chi connectivity index (χ3v) is 8.91. The van der Waals surface area contributed by atoms with Gasteiger partial charge in [0.05, 0.1) is 19.3 Å². The molecule has 0 spiro atoms. The maximum atomic E-state index is 13.7. The summed E-state index contributed by atoms with van der Waals surface area (Å²) in [6, 6.07) is 16.4. The molecule has 4 aliphatic rings. The Bertz CT molecular complexity index is 1170. The van der Waals surface area contributed by atoms with Gasteiger partial charge in [-0.25, -0.2) is 9.37 Å². The number of aromatic nitrogens is 1. The summed E-state index contributed by atoms with van der Waals surface area (Å²) in [7, 11) is 0. The standard InChI is InChI=1S/C30H36FN2O3/c31-25-12-7-13-26(18-25)35-28-21-33(16-14-22(28)15-17-33)20-27-19-32-29(36-27)30(34,23-8-3-1-4-9-23)24-10-5-2-6-11-24/h1,3-4,7-9,12-13,18-19,22,24,28,34H,2,5-6,10-11,14-17,20-21H2/q+1/t22?,28-,30-,33?/m0/s1. The number of halogens is 1. The van der Waals surface area contributed by atoms with E-state index in [0.29, 0.717) is 17.6 Å². The molecule has 3 aromatic rings. The summed E-state index contributed by atoms with van der Waals surface area (Å²) in [6.45, 7) is 3.77. The lowest BCUT2D eigenvalue weighted by molar-refractivity contribution is -0.958. The lowest BCUT2D eigenvalue weighted by atomic mass is 9.73. The van der Waals surface area contributed by atoms with Crippen LogP contribution >= 0.6 is 0 Å². The molecule has 2 bridgehead atoms. The van der Waals surface area contributed by atoms with E-state index in [9.17, 15) is 9.50 Å². The molecule has 0 unspecified atom stereocenters. The summed E-state index contributed by atoms with van der Waals surface area (Å²) >= 11 is 0. The Kier molecular flexibility index (Phi) is 6.34. The van der Waals surface area contributed by atoms with Crippen LogP contribution in [-0.4, -0.2) is 40.3 Å². The molecule has 5 nitrogen and oxygen atoms in total. The second kappa shape index (κ2) is 9.64. The molecule has 0 radical (unpaired) electrons. The van der Waals surface area contributed by atoms with Gasteiger partial charge in [0.2, 0.25) is 5.89 Å². The number of benzene rings is 2. The fraction of sp³-hybridized carbons (Fsp3) is 0.500. The smallest absolute Gasteiger partial charge is 0.231 e. The molecule has 6 heteroatoms. The summed E-state index contributed by atoms with van der Waals surface area (Å²) in [6.07, 6.45) is 9.50. The van der Waals surface area contributed by atoms with Gasteiger partial charge in [-0.3, -0.25) is 0 Å². The van der Waals surface area contributed by atoms with E-state index in [1.807, 2.05) is 42.6 Å². The minimum Gasteiger partial charge on any atom is -0.484 e. The first-order valence-electron chi connectivity index (χ1n) is 13.5. The first kappa shape index (κ1) is 23.7. The van der Waals surface area contributed by atoms with Crippen molar-refractivity contribution in [2.24, 2.45) is 11.8 Å². The highest BCUT2D eigenvalue weighted by Gasteiger charge is 2.49. The Morgan fingerprint density at radius 3 is 2.53 bits per heavy atom. The zero-order valence-electron chi connectivity index (χ0n) is 20.8. The van der Waals surface area contributed by atoms with E-state index in [1.165, 1.54) is 18.6 Å². The third kappa shape index (κ3) is 4.46. The average molecular weight is 492 g/mol. The molecular weight excluding hydrogens is 455 g/mol. The van der Waals surface area contributed by atoms with Crippen LogP contribution in [0.4, 0.5) is 4.39 Å². The van der Waals surface area contributed by atoms with Crippen LogP contribution in [0.5, 0.6) is 5.75 Å². The van der Waals surface area contributed by atoms with Gasteiger partial charge in [0.25, 0.3) is 0 Å². The Labute approximate surface area is 212 Å². The lowest BCUT2D eigenvalue weighted by Crippen LogP contribution is -2.64. The number of ether oxygens (including phenoxy) is 1. The van der Waals surface area contributed by atoms with E-state index in [1.54, 1.807) is 6.07 Å². The monoisotopic (exact) mass is 491 g/mol. The van der Waals surface area contributed by atoms with Gasteiger partial charge in [0, 0.05) is 30.7 Å². The van der Waals surface area contributed by atoms with Crippen molar-refractivity contribution in [2.75, 3.05) is 19.6 Å². The summed E-state index contributed by atoms with van der Waals surface area (Å²) in [5.41, 5.74) is -0.350. The number of oxazole rings is 1. The molecule has 4 fully saturated rings. The SMILES string of the molecule is O[C@](c1ccccc1)(c1ncc(C[N+]23CCC(CC2)[C@@H](Oc2cccc(F)c2)C3)o1)C1CCCCC1. The highest BCUT2D eigenvalue weighted by Crippen LogP contribution is 2.44. The minimum absolute atomic E-state index is 0.0696. The fourth-order valence-electron chi connectivity index (χ4n) is 6.93. The van der Waals surface area contributed by atoms with Crippen molar-refractivity contribution in [3.05, 3.63) is 83.8 Å². The molecule has 0 amide bonds. The number of rotatable bonds is 7. The summed E-state index contributed by atoms with van der Waals surface area (Å²) in [5.74, 6) is 2.19. The first-order valence-corrected chi connectivity index (χ1v) is 13.5. The second-order valence-corrected chi connectivity index (χ2v) is 11.2. The van der Waals surface area contributed by atoms with E-state index in [0.717, 1.165) is 80.5 Å². The number of piperidine rings is 3. The van der Waals surface area contributed by atoms with Gasteiger partial charge >= 0.3 is 0 Å². The molecule has 4 heterocycles. The molecule has 3 aliphatic heterocycles. The van der Waals surface area contributed by atoms with E-state index < -0.39 is 5.60 Å². The van der Waals surface area contributed by atoms with Gasteiger partial charge in [-0.05, 0) is 30.5 Å². The van der Waals surface area contributed by atoms with Gasteiger partial charge in [-0.1, -0.05) is 55.7 Å². The van der Waals surface area contributed by atoms with Gasteiger partial charge in [0.1, 0.15) is 24.7 Å². The third-order valence-electron chi connectivity index (χ3n) is 8.91. The van der Waals surface area contributed by atoms with Crippen LogP contribution in [0, 0.1) is 17.7 Å². The molecule has 1 aliphatic carbocycles. The lowest BCUT2D eigenvalue weighted by Gasteiger charge is -2.51. The van der Waals surface area contributed by atoms with E-state index in [-0.39, 0.29) is 17.8 Å². The van der Waals surface area contributed by atoms with Crippen molar-refractivity contribution in [1.29, 1.82) is 0 Å². The molecule has 2 aromatic carbocycles. The molecule has 2 atom stereocenters. The Morgan fingerprint density at radius 2 is 1.78 bits per heavy atom. The predicted octanol–water partition coefficient (Wildman–Crippen LogP) is 5.82. The number of fused-ring (bicyclic) bond motifs is 3. The molecule has 36 heavy (non-hydrogen) atoms. The Hall–Kier alpha value is -2.70. The molecule has 1 aromatic heterocycles. The molecule has 1 N–H and O–H groups in total. The summed E-state index contributed by atoms with van der Waals surface area (Å²) in [4.78, 5) is 4.68. The zero-order chi connectivity index (χ0) is 24.6. The highest BCUT2D eigenvalue weighted by molar-refractivity contribution is 5.30. The molecule has 3 saturated heterocycles. The Balaban J connectivity index is 1.23. The van der Waals surface area contributed by atoms with Crippen molar-refractivity contribution < 1.29 is 23.1 Å². The minimum atomic E-state index is -1.21. The second-order valence-electron chi connectivity index (χ2n) is 11.2. The van der Waals surface area contributed by atoms with Crippen LogP contribution in [0.3, 0.4) is 0 Å². The van der Waals surface area contributed by atoms with E-state index in [4.69, 9.17) is 9.15 Å². The number of nitrogens with zero attached hydrogens (tertiary/aromatic N) is 2. The van der Waals surface area contributed by atoms with Crippen LogP contribution < -0.4 is 4.74 Å². The van der Waals surface area contributed by atoms with Gasteiger partial charge in [0.15, 0.2) is 17.5 Å². The maximum absolute atomic E-state index is 13.7. The van der Waals surface area contributed by atoms with Gasteiger partial charge in [-0.15, -0.1) is 0 Å².